The zero-order chi connectivity index (χ0) is 19.2. The second kappa shape index (κ2) is 8.58. The number of ether oxygens (including phenoxy) is 1. The normalized spacial score (nSPS) is 14.0. The summed E-state index contributed by atoms with van der Waals surface area (Å²) in [5.74, 6) is -0.359. The average molecular weight is 367 g/mol. The van der Waals surface area contributed by atoms with Gasteiger partial charge in [0, 0.05) is 37.6 Å². The SMILES string of the molecule is CCOC(=O)c1ccc(NC(=O)N2CCN(c3cccc(C)c3)CC2)cc1. The highest BCUT2D eigenvalue weighted by Gasteiger charge is 2.21. The van der Waals surface area contributed by atoms with Gasteiger partial charge in [-0.05, 0) is 55.8 Å². The number of carbonyl (C=O) groups excluding carboxylic acids is 2. The lowest BCUT2D eigenvalue weighted by atomic mass is 10.2. The van der Waals surface area contributed by atoms with Crippen molar-refractivity contribution in [2.24, 2.45) is 0 Å². The first-order valence-electron chi connectivity index (χ1n) is 9.21. The fraction of sp³-hybridized carbons (Fsp3) is 0.333. The van der Waals surface area contributed by atoms with Gasteiger partial charge in [0.05, 0.1) is 12.2 Å². The molecule has 1 N–H and O–H groups in total. The van der Waals surface area contributed by atoms with Gasteiger partial charge in [0.1, 0.15) is 0 Å². The Kier molecular flexibility index (Phi) is 5.96. The molecule has 2 aromatic rings. The summed E-state index contributed by atoms with van der Waals surface area (Å²) in [4.78, 5) is 28.3. The number of nitrogens with one attached hydrogen (secondary N) is 1. The Morgan fingerprint density at radius 2 is 1.74 bits per heavy atom. The van der Waals surface area contributed by atoms with E-state index in [1.165, 1.54) is 11.3 Å². The van der Waals surface area contributed by atoms with Crippen LogP contribution in [0.2, 0.25) is 0 Å². The molecule has 0 radical (unpaired) electrons. The predicted molar refractivity (Wildman–Crippen MR) is 106 cm³/mol. The van der Waals surface area contributed by atoms with Crippen molar-refractivity contribution in [3.8, 4) is 0 Å². The lowest BCUT2D eigenvalue weighted by molar-refractivity contribution is 0.0526. The van der Waals surface area contributed by atoms with E-state index in [9.17, 15) is 9.59 Å². The van der Waals surface area contributed by atoms with E-state index in [1.807, 2.05) is 4.90 Å². The molecular formula is C21H25N3O3. The van der Waals surface area contributed by atoms with Crippen molar-refractivity contribution in [2.45, 2.75) is 13.8 Å². The second-order valence-electron chi connectivity index (χ2n) is 6.54. The monoisotopic (exact) mass is 367 g/mol. The van der Waals surface area contributed by atoms with Gasteiger partial charge >= 0.3 is 12.0 Å². The number of nitrogens with zero attached hydrogens (tertiary/aromatic N) is 2. The summed E-state index contributed by atoms with van der Waals surface area (Å²) in [5, 5.41) is 2.89. The predicted octanol–water partition coefficient (Wildman–Crippen LogP) is 3.53. The Balaban J connectivity index is 1.53. The Morgan fingerprint density at radius 1 is 1.04 bits per heavy atom. The second-order valence-corrected chi connectivity index (χ2v) is 6.54. The van der Waals surface area contributed by atoms with Crippen LogP contribution in [-0.4, -0.2) is 49.7 Å². The maximum absolute atomic E-state index is 12.5. The fourth-order valence-electron chi connectivity index (χ4n) is 3.10. The molecule has 0 aliphatic carbocycles. The van der Waals surface area contributed by atoms with E-state index in [2.05, 4.69) is 41.4 Å². The van der Waals surface area contributed by atoms with E-state index in [-0.39, 0.29) is 12.0 Å². The number of anilines is 2. The summed E-state index contributed by atoms with van der Waals surface area (Å²) in [6, 6.07) is 15.0. The van der Waals surface area contributed by atoms with E-state index in [0.717, 1.165) is 13.1 Å². The molecule has 1 aliphatic rings. The largest absolute Gasteiger partial charge is 0.462 e. The summed E-state index contributed by atoms with van der Waals surface area (Å²) >= 11 is 0. The summed E-state index contributed by atoms with van der Waals surface area (Å²) < 4.78 is 4.96. The summed E-state index contributed by atoms with van der Waals surface area (Å²) in [7, 11) is 0. The first-order chi connectivity index (χ1) is 13.1. The molecule has 2 aromatic carbocycles. The number of aryl methyl sites for hydroxylation is 1. The van der Waals surface area contributed by atoms with Gasteiger partial charge in [-0.25, -0.2) is 9.59 Å². The van der Waals surface area contributed by atoms with Crippen LogP contribution >= 0.6 is 0 Å². The molecule has 0 aromatic heterocycles. The van der Waals surface area contributed by atoms with Gasteiger partial charge in [0.15, 0.2) is 0 Å². The highest BCUT2D eigenvalue weighted by Crippen LogP contribution is 2.18. The van der Waals surface area contributed by atoms with Gasteiger partial charge in [0.2, 0.25) is 0 Å². The highest BCUT2D eigenvalue weighted by molar-refractivity contribution is 5.92. The lowest BCUT2D eigenvalue weighted by Gasteiger charge is -2.36. The van der Waals surface area contributed by atoms with Crippen LogP contribution in [0.4, 0.5) is 16.2 Å². The van der Waals surface area contributed by atoms with Crippen LogP contribution in [0.25, 0.3) is 0 Å². The van der Waals surface area contributed by atoms with Crippen LogP contribution in [0.5, 0.6) is 0 Å². The third kappa shape index (κ3) is 4.78. The lowest BCUT2D eigenvalue weighted by Crippen LogP contribution is -2.50. The minimum Gasteiger partial charge on any atom is -0.462 e. The molecule has 0 spiro atoms. The standard InChI is InChI=1S/C21H25N3O3/c1-3-27-20(25)17-7-9-18(10-8-17)22-21(26)24-13-11-23(12-14-24)19-6-4-5-16(2)15-19/h4-10,15H,3,11-14H2,1-2H3,(H,22,26). The van der Waals surface area contributed by atoms with Crippen molar-refractivity contribution in [3.63, 3.8) is 0 Å². The van der Waals surface area contributed by atoms with Gasteiger partial charge in [-0.3, -0.25) is 0 Å². The topological polar surface area (TPSA) is 61.9 Å². The number of piperazine rings is 1. The molecule has 142 valence electrons. The number of benzene rings is 2. The number of hydrogen-bond acceptors (Lipinski definition) is 4. The fourth-order valence-corrected chi connectivity index (χ4v) is 3.10. The Hall–Kier alpha value is -3.02. The number of amides is 2. The van der Waals surface area contributed by atoms with Crippen molar-refractivity contribution in [1.82, 2.24) is 4.90 Å². The maximum Gasteiger partial charge on any atom is 0.338 e. The van der Waals surface area contributed by atoms with Crippen molar-refractivity contribution >= 4 is 23.4 Å². The highest BCUT2D eigenvalue weighted by atomic mass is 16.5. The molecule has 6 nitrogen and oxygen atoms in total. The van der Waals surface area contributed by atoms with Crippen LogP contribution in [-0.2, 0) is 4.74 Å². The summed E-state index contributed by atoms with van der Waals surface area (Å²) in [6.45, 7) is 7.14. The van der Waals surface area contributed by atoms with Gasteiger partial charge in [-0.1, -0.05) is 12.1 Å². The van der Waals surface area contributed by atoms with Crippen LogP contribution in [0, 0.1) is 6.92 Å². The molecule has 0 atom stereocenters. The van der Waals surface area contributed by atoms with E-state index in [4.69, 9.17) is 4.74 Å². The van der Waals surface area contributed by atoms with Gasteiger partial charge in [-0.15, -0.1) is 0 Å². The molecule has 1 saturated heterocycles. The molecule has 1 aliphatic heterocycles. The molecule has 3 rings (SSSR count). The number of rotatable bonds is 4. The van der Waals surface area contributed by atoms with E-state index < -0.39 is 0 Å². The molecule has 27 heavy (non-hydrogen) atoms. The van der Waals surface area contributed by atoms with E-state index >= 15 is 0 Å². The summed E-state index contributed by atoms with van der Waals surface area (Å²) in [5.41, 5.74) is 3.57. The molecule has 1 fully saturated rings. The molecule has 0 unspecified atom stereocenters. The number of carbonyl (C=O) groups is 2. The molecule has 6 heteroatoms. The van der Waals surface area contributed by atoms with Gasteiger partial charge in [-0.2, -0.15) is 0 Å². The van der Waals surface area contributed by atoms with Gasteiger partial charge in [0.25, 0.3) is 0 Å². The van der Waals surface area contributed by atoms with Crippen LogP contribution in [0.3, 0.4) is 0 Å². The first-order valence-corrected chi connectivity index (χ1v) is 9.21. The smallest absolute Gasteiger partial charge is 0.338 e. The third-order valence-corrected chi connectivity index (χ3v) is 4.58. The van der Waals surface area contributed by atoms with Crippen molar-refractivity contribution in [3.05, 3.63) is 59.7 Å². The van der Waals surface area contributed by atoms with Crippen LogP contribution in [0.15, 0.2) is 48.5 Å². The molecular weight excluding hydrogens is 342 g/mol. The Bertz CT molecular complexity index is 797. The molecule has 0 saturated carbocycles. The van der Waals surface area contributed by atoms with E-state index in [1.54, 1.807) is 31.2 Å². The first kappa shape index (κ1) is 18.8. The van der Waals surface area contributed by atoms with Crippen molar-refractivity contribution in [2.75, 3.05) is 43.0 Å². The zero-order valence-electron chi connectivity index (χ0n) is 15.8. The number of hydrogen-bond donors (Lipinski definition) is 1. The van der Waals surface area contributed by atoms with Crippen LogP contribution in [0.1, 0.15) is 22.8 Å². The summed E-state index contributed by atoms with van der Waals surface area (Å²) in [6.07, 6.45) is 0. The molecule has 0 bridgehead atoms. The van der Waals surface area contributed by atoms with Gasteiger partial charge < -0.3 is 19.9 Å². The van der Waals surface area contributed by atoms with Crippen molar-refractivity contribution in [1.29, 1.82) is 0 Å². The van der Waals surface area contributed by atoms with Crippen molar-refractivity contribution < 1.29 is 14.3 Å². The minimum atomic E-state index is -0.359. The third-order valence-electron chi connectivity index (χ3n) is 4.58. The van der Waals surface area contributed by atoms with E-state index in [0.29, 0.717) is 30.9 Å². The Labute approximate surface area is 159 Å². The minimum absolute atomic E-state index is 0.122. The number of urea groups is 1. The number of esters is 1. The molecule has 2 amide bonds. The Morgan fingerprint density at radius 3 is 2.37 bits per heavy atom. The quantitative estimate of drug-likeness (QED) is 0.840. The van der Waals surface area contributed by atoms with Crippen LogP contribution < -0.4 is 10.2 Å². The maximum atomic E-state index is 12.5. The molecule has 1 heterocycles. The zero-order valence-corrected chi connectivity index (χ0v) is 15.8. The average Bonchev–Trinajstić information content (AvgIpc) is 2.69.